The smallest absolute Gasteiger partial charge is 0.419 e. The maximum atomic E-state index is 12.6. The highest BCUT2D eigenvalue weighted by Crippen LogP contribution is 2.37. The van der Waals surface area contributed by atoms with Crippen molar-refractivity contribution >= 4 is 0 Å². The fraction of sp³-hybridized carbons (Fsp3) is 0.125. The molecular weight excluding hydrogens is 325 g/mol. The summed E-state index contributed by atoms with van der Waals surface area (Å²) in [6.45, 7) is 0.0418. The maximum absolute atomic E-state index is 12.6. The third-order valence-corrected chi connectivity index (χ3v) is 3.13. The van der Waals surface area contributed by atoms with E-state index in [0.717, 1.165) is 18.2 Å². The molecule has 1 N–H and O–H groups in total. The van der Waals surface area contributed by atoms with Crippen molar-refractivity contribution in [2.24, 2.45) is 0 Å². The van der Waals surface area contributed by atoms with E-state index in [1.807, 2.05) is 18.2 Å². The first-order valence-corrected chi connectivity index (χ1v) is 6.84. The molecule has 8 heteroatoms. The molecule has 0 aliphatic carbocycles. The van der Waals surface area contributed by atoms with Crippen molar-refractivity contribution in [1.82, 2.24) is 10.1 Å². The van der Waals surface area contributed by atoms with Crippen LogP contribution in [0.3, 0.4) is 0 Å². The number of nitrogens with zero attached hydrogens (tertiary/aromatic N) is 2. The largest absolute Gasteiger partial charge is 0.507 e. The van der Waals surface area contributed by atoms with Crippen LogP contribution < -0.4 is 4.74 Å². The van der Waals surface area contributed by atoms with Crippen molar-refractivity contribution in [2.45, 2.75) is 12.8 Å². The summed E-state index contributed by atoms with van der Waals surface area (Å²) in [6, 6.07) is 11.8. The average molecular weight is 336 g/mol. The summed E-state index contributed by atoms with van der Waals surface area (Å²) in [5.74, 6) is -0.0600. The number of aromatic hydroxyl groups is 1. The lowest BCUT2D eigenvalue weighted by molar-refractivity contribution is -0.138. The molecule has 1 aromatic heterocycles. The Morgan fingerprint density at radius 1 is 1.08 bits per heavy atom. The van der Waals surface area contributed by atoms with Crippen LogP contribution in [0, 0.1) is 0 Å². The van der Waals surface area contributed by atoms with E-state index in [-0.39, 0.29) is 23.9 Å². The van der Waals surface area contributed by atoms with Crippen LogP contribution in [0.4, 0.5) is 13.2 Å². The second kappa shape index (κ2) is 6.23. The fourth-order valence-electron chi connectivity index (χ4n) is 2.00. The number of benzene rings is 2. The van der Waals surface area contributed by atoms with Gasteiger partial charge in [0.05, 0.1) is 5.56 Å². The molecule has 0 saturated heterocycles. The number of para-hydroxylation sites is 1. The summed E-state index contributed by atoms with van der Waals surface area (Å²) in [4.78, 5) is 4.03. The van der Waals surface area contributed by atoms with Crippen LogP contribution in [0.25, 0.3) is 11.5 Å². The lowest BCUT2D eigenvalue weighted by Crippen LogP contribution is -2.05. The molecule has 0 fully saturated rings. The fourth-order valence-corrected chi connectivity index (χ4v) is 2.00. The zero-order chi connectivity index (χ0) is 17.2. The number of phenolic OH excluding ortho intramolecular Hbond substituents is 1. The molecule has 24 heavy (non-hydrogen) atoms. The van der Waals surface area contributed by atoms with Crippen LogP contribution in [-0.2, 0) is 12.8 Å². The summed E-state index contributed by atoms with van der Waals surface area (Å²) in [5, 5.41) is 13.2. The van der Waals surface area contributed by atoms with Gasteiger partial charge in [0, 0.05) is 5.56 Å². The number of aromatic nitrogens is 2. The van der Waals surface area contributed by atoms with Gasteiger partial charge >= 0.3 is 6.18 Å². The molecule has 0 aliphatic heterocycles. The zero-order valence-electron chi connectivity index (χ0n) is 12.1. The van der Waals surface area contributed by atoms with E-state index in [0.29, 0.717) is 5.75 Å². The maximum Gasteiger partial charge on any atom is 0.419 e. The van der Waals surface area contributed by atoms with Crippen molar-refractivity contribution in [3.05, 3.63) is 59.9 Å². The minimum Gasteiger partial charge on any atom is -0.507 e. The minimum absolute atomic E-state index is 0.00862. The summed E-state index contributed by atoms with van der Waals surface area (Å²) in [7, 11) is 0. The van der Waals surface area contributed by atoms with Crippen molar-refractivity contribution in [1.29, 1.82) is 0 Å². The first-order valence-electron chi connectivity index (χ1n) is 6.84. The molecule has 2 aromatic carbocycles. The van der Waals surface area contributed by atoms with Gasteiger partial charge < -0.3 is 14.4 Å². The minimum atomic E-state index is -4.63. The number of ether oxygens (including phenoxy) is 1. The monoisotopic (exact) mass is 336 g/mol. The Morgan fingerprint density at radius 2 is 1.83 bits per heavy atom. The summed E-state index contributed by atoms with van der Waals surface area (Å²) < 4.78 is 48.3. The van der Waals surface area contributed by atoms with Crippen LogP contribution >= 0.6 is 0 Å². The second-order valence-corrected chi connectivity index (χ2v) is 4.85. The van der Waals surface area contributed by atoms with Gasteiger partial charge in [-0.05, 0) is 30.3 Å². The molecule has 0 bridgehead atoms. The highest BCUT2D eigenvalue weighted by molar-refractivity contribution is 5.57. The lowest BCUT2D eigenvalue weighted by Gasteiger charge is -2.08. The standard InChI is InChI=1S/C16H11F3N2O3/c17-16(18,19)12-7-6-10(8-13(12)22)15-20-14(21-24-15)9-23-11-4-2-1-3-5-11/h1-8,22H,9H2. The number of rotatable bonds is 4. The van der Waals surface area contributed by atoms with E-state index in [2.05, 4.69) is 10.1 Å². The molecule has 1 heterocycles. The van der Waals surface area contributed by atoms with Gasteiger partial charge in [-0.1, -0.05) is 23.4 Å². The van der Waals surface area contributed by atoms with Gasteiger partial charge in [0.15, 0.2) is 6.61 Å². The second-order valence-electron chi connectivity index (χ2n) is 4.85. The predicted molar refractivity (Wildman–Crippen MR) is 77.2 cm³/mol. The van der Waals surface area contributed by atoms with E-state index in [9.17, 15) is 18.3 Å². The molecule has 0 radical (unpaired) electrons. The first-order chi connectivity index (χ1) is 11.4. The molecule has 0 amide bonds. The lowest BCUT2D eigenvalue weighted by atomic mass is 10.1. The predicted octanol–water partition coefficient (Wildman–Crippen LogP) is 4.04. The molecule has 5 nitrogen and oxygen atoms in total. The highest BCUT2D eigenvalue weighted by Gasteiger charge is 2.34. The van der Waals surface area contributed by atoms with Crippen LogP contribution in [0.5, 0.6) is 11.5 Å². The van der Waals surface area contributed by atoms with Crippen molar-refractivity contribution < 1.29 is 27.5 Å². The van der Waals surface area contributed by atoms with Crippen molar-refractivity contribution in [3.8, 4) is 23.0 Å². The van der Waals surface area contributed by atoms with E-state index in [4.69, 9.17) is 9.26 Å². The van der Waals surface area contributed by atoms with Crippen molar-refractivity contribution in [3.63, 3.8) is 0 Å². The molecule has 0 atom stereocenters. The SMILES string of the molecule is Oc1cc(-c2nc(COc3ccccc3)no2)ccc1C(F)(F)F. The Kier molecular flexibility index (Phi) is 4.11. The van der Waals surface area contributed by atoms with Crippen LogP contribution in [-0.4, -0.2) is 15.2 Å². The highest BCUT2D eigenvalue weighted by atomic mass is 19.4. The number of hydrogen-bond acceptors (Lipinski definition) is 5. The Bertz CT molecular complexity index is 832. The molecule has 3 aromatic rings. The third kappa shape index (κ3) is 3.48. The normalized spacial score (nSPS) is 11.5. The Morgan fingerprint density at radius 3 is 2.50 bits per heavy atom. The third-order valence-electron chi connectivity index (χ3n) is 3.13. The van der Waals surface area contributed by atoms with Gasteiger partial charge in [0.1, 0.15) is 11.5 Å². The number of phenols is 1. The molecule has 3 rings (SSSR count). The van der Waals surface area contributed by atoms with Crippen molar-refractivity contribution in [2.75, 3.05) is 0 Å². The van der Waals surface area contributed by atoms with Gasteiger partial charge in [0.2, 0.25) is 5.82 Å². The van der Waals surface area contributed by atoms with Gasteiger partial charge in [-0.15, -0.1) is 0 Å². The molecule has 0 spiro atoms. The summed E-state index contributed by atoms with van der Waals surface area (Å²) in [5.41, 5.74) is -0.947. The van der Waals surface area contributed by atoms with E-state index < -0.39 is 17.5 Å². The number of hydrogen-bond donors (Lipinski definition) is 1. The summed E-state index contributed by atoms with van der Waals surface area (Å²) >= 11 is 0. The van der Waals surface area contributed by atoms with Gasteiger partial charge in [-0.2, -0.15) is 18.2 Å². The van der Waals surface area contributed by atoms with Gasteiger partial charge in [-0.25, -0.2) is 0 Å². The Hall–Kier alpha value is -3.03. The Balaban J connectivity index is 1.75. The molecule has 0 saturated carbocycles. The van der Waals surface area contributed by atoms with Crippen LogP contribution in [0.2, 0.25) is 0 Å². The average Bonchev–Trinajstić information content (AvgIpc) is 3.01. The van der Waals surface area contributed by atoms with Gasteiger partial charge in [-0.3, -0.25) is 0 Å². The summed E-state index contributed by atoms with van der Waals surface area (Å²) in [6.07, 6.45) is -4.63. The van der Waals surface area contributed by atoms with E-state index >= 15 is 0 Å². The topological polar surface area (TPSA) is 68.4 Å². The van der Waals surface area contributed by atoms with E-state index in [1.165, 1.54) is 0 Å². The molecular formula is C16H11F3N2O3. The first kappa shape index (κ1) is 15.9. The number of halogens is 3. The van der Waals surface area contributed by atoms with E-state index in [1.54, 1.807) is 12.1 Å². The van der Waals surface area contributed by atoms with Gasteiger partial charge in [0.25, 0.3) is 5.89 Å². The zero-order valence-corrected chi connectivity index (χ0v) is 12.1. The molecule has 0 unspecified atom stereocenters. The van der Waals surface area contributed by atoms with Crippen LogP contribution in [0.1, 0.15) is 11.4 Å². The van der Waals surface area contributed by atoms with Crippen LogP contribution in [0.15, 0.2) is 53.1 Å². The number of alkyl halides is 3. The quantitative estimate of drug-likeness (QED) is 0.779. The molecule has 0 aliphatic rings. The molecule has 124 valence electrons. The Labute approximate surface area is 134 Å².